The number of allylic oxidation sites excluding steroid dienone is 10. The molecule has 2 fully saturated rings. The Kier molecular flexibility index (Phi) is 12.7. The molecule has 6 nitrogen and oxygen atoms in total. The predicted molar refractivity (Wildman–Crippen MR) is 156 cm³/mol. The normalized spacial score (nSPS) is 22.6. The van der Waals surface area contributed by atoms with Crippen molar-refractivity contribution in [1.82, 2.24) is 14.9 Å². The van der Waals surface area contributed by atoms with E-state index in [0.717, 1.165) is 56.0 Å². The number of aliphatic hydroxyl groups is 2. The summed E-state index contributed by atoms with van der Waals surface area (Å²) in [5.41, 5.74) is 2.60. The van der Waals surface area contributed by atoms with Gasteiger partial charge in [-0.1, -0.05) is 22.2 Å². The van der Waals surface area contributed by atoms with Crippen LogP contribution in [0, 0.1) is 11.8 Å². The van der Waals surface area contributed by atoms with Crippen molar-refractivity contribution in [3.8, 4) is 0 Å². The second-order valence-corrected chi connectivity index (χ2v) is 11.2. The summed E-state index contributed by atoms with van der Waals surface area (Å²) < 4.78 is 42.0. The molecule has 2 N–H and O–H groups in total. The van der Waals surface area contributed by atoms with Gasteiger partial charge in [0.15, 0.2) is 0 Å². The SMILES string of the molecule is CC(C)=C(/C=C\CO)N(F)/C=C(\C)C1CCN(C(CO)C2CCN(C(=O)/C=C/C3=CC(F)=CC(F)C=C3)CC2)CC1. The van der Waals surface area contributed by atoms with Gasteiger partial charge in [0.2, 0.25) is 5.91 Å². The summed E-state index contributed by atoms with van der Waals surface area (Å²) in [6.45, 7) is 8.26. The van der Waals surface area contributed by atoms with Crippen LogP contribution in [0.1, 0.15) is 46.5 Å². The Hall–Kier alpha value is -2.88. The zero-order chi connectivity index (χ0) is 29.9. The van der Waals surface area contributed by atoms with Gasteiger partial charge in [-0.3, -0.25) is 9.69 Å². The quantitative estimate of drug-likeness (QED) is 0.205. The Bertz CT molecular complexity index is 1100. The van der Waals surface area contributed by atoms with Crippen LogP contribution < -0.4 is 0 Å². The molecule has 1 amide bonds. The first kappa shape index (κ1) is 32.6. The van der Waals surface area contributed by atoms with Crippen molar-refractivity contribution >= 4 is 5.91 Å². The summed E-state index contributed by atoms with van der Waals surface area (Å²) in [6, 6.07) is 0.0105. The van der Waals surface area contributed by atoms with Crippen LogP contribution in [0.5, 0.6) is 0 Å². The molecule has 9 heteroatoms. The molecule has 2 saturated heterocycles. The minimum atomic E-state index is -1.49. The number of likely N-dealkylation sites (tertiary alicyclic amines) is 2. The van der Waals surface area contributed by atoms with E-state index in [1.165, 1.54) is 42.7 Å². The second kappa shape index (κ2) is 15.9. The van der Waals surface area contributed by atoms with E-state index < -0.39 is 12.0 Å². The molecule has 3 aliphatic rings. The fourth-order valence-corrected chi connectivity index (χ4v) is 5.77. The van der Waals surface area contributed by atoms with Gasteiger partial charge in [0.1, 0.15) is 12.0 Å². The Morgan fingerprint density at radius 2 is 1.78 bits per heavy atom. The van der Waals surface area contributed by atoms with E-state index in [1.807, 2.05) is 20.8 Å². The zero-order valence-electron chi connectivity index (χ0n) is 24.4. The smallest absolute Gasteiger partial charge is 0.246 e. The lowest BCUT2D eigenvalue weighted by Crippen LogP contribution is -2.50. The summed E-state index contributed by atoms with van der Waals surface area (Å²) in [6.07, 6.45) is 14.1. The van der Waals surface area contributed by atoms with E-state index >= 15 is 0 Å². The third-order valence-corrected chi connectivity index (χ3v) is 8.18. The topological polar surface area (TPSA) is 67.2 Å². The highest BCUT2D eigenvalue weighted by molar-refractivity contribution is 5.88. The largest absolute Gasteiger partial charge is 0.395 e. The molecule has 226 valence electrons. The number of rotatable bonds is 10. The summed E-state index contributed by atoms with van der Waals surface area (Å²) in [5, 5.41) is 19.9. The maximum Gasteiger partial charge on any atom is 0.246 e. The lowest BCUT2D eigenvalue weighted by atomic mass is 9.85. The summed E-state index contributed by atoms with van der Waals surface area (Å²) in [7, 11) is 0. The van der Waals surface area contributed by atoms with Crippen LogP contribution in [0.25, 0.3) is 0 Å². The lowest BCUT2D eigenvalue weighted by Gasteiger charge is -2.43. The molecular formula is C32H44F3N3O3. The molecule has 0 aromatic rings. The van der Waals surface area contributed by atoms with Gasteiger partial charge >= 0.3 is 0 Å². The molecule has 2 aliphatic heterocycles. The van der Waals surface area contributed by atoms with Crippen LogP contribution in [0.2, 0.25) is 0 Å². The minimum absolute atomic E-state index is 0.0105. The number of amides is 1. The second-order valence-electron chi connectivity index (χ2n) is 11.2. The van der Waals surface area contributed by atoms with Gasteiger partial charge in [0.05, 0.1) is 18.9 Å². The number of alkyl halides is 1. The maximum atomic E-state index is 14.9. The number of carbonyl (C=O) groups is 1. The number of piperidine rings is 2. The number of hydrogen-bond acceptors (Lipinski definition) is 5. The average Bonchev–Trinajstić information content (AvgIpc) is 3.11. The van der Waals surface area contributed by atoms with E-state index in [9.17, 15) is 23.2 Å². The first-order chi connectivity index (χ1) is 19.6. The van der Waals surface area contributed by atoms with Gasteiger partial charge < -0.3 is 15.1 Å². The summed E-state index contributed by atoms with van der Waals surface area (Å²) in [5.74, 6) is -0.339. The Morgan fingerprint density at radius 3 is 2.39 bits per heavy atom. The van der Waals surface area contributed by atoms with Crippen LogP contribution in [-0.2, 0) is 4.79 Å². The molecule has 2 heterocycles. The van der Waals surface area contributed by atoms with Gasteiger partial charge in [-0.15, -0.1) is 0 Å². The predicted octanol–water partition coefficient (Wildman–Crippen LogP) is 5.47. The van der Waals surface area contributed by atoms with E-state index in [4.69, 9.17) is 5.11 Å². The molecule has 41 heavy (non-hydrogen) atoms. The van der Waals surface area contributed by atoms with Crippen molar-refractivity contribution in [3.63, 3.8) is 0 Å². The molecule has 2 atom stereocenters. The first-order valence-electron chi connectivity index (χ1n) is 14.4. The number of halogens is 3. The Balaban J connectivity index is 1.50. The number of nitrogens with zero attached hydrogens (tertiary/aromatic N) is 3. The standard InChI is InChI=1S/C32H44F3N3O3/c1-23(2)30(5-4-18-39)38(35)21-24(3)26-10-14-36(15-11-26)31(22-40)27-12-16-37(17-13-27)32(41)9-7-25-6-8-28(33)20-29(34)19-25/h4-9,19-21,26-28,31,39-40H,10-18,22H2,1-3H3/b5-4-,9-7+,24-21+. The van der Waals surface area contributed by atoms with Crippen LogP contribution in [0.4, 0.5) is 13.3 Å². The Morgan fingerprint density at radius 1 is 1.10 bits per heavy atom. The zero-order valence-corrected chi connectivity index (χ0v) is 24.4. The van der Waals surface area contributed by atoms with Crippen LogP contribution in [0.3, 0.4) is 0 Å². The van der Waals surface area contributed by atoms with E-state index in [1.54, 1.807) is 11.0 Å². The molecule has 0 saturated carbocycles. The molecule has 0 spiro atoms. The third kappa shape index (κ3) is 9.58. The molecule has 0 bridgehead atoms. The van der Waals surface area contributed by atoms with Crippen LogP contribution in [-0.4, -0.2) is 82.6 Å². The molecule has 0 aromatic heterocycles. The first-order valence-corrected chi connectivity index (χ1v) is 14.4. The molecular weight excluding hydrogens is 531 g/mol. The summed E-state index contributed by atoms with van der Waals surface area (Å²) in [4.78, 5) is 16.8. The number of carbonyl (C=O) groups excluding carboxylic acids is 1. The van der Waals surface area contributed by atoms with Crippen LogP contribution in [0.15, 0.2) is 83.1 Å². The van der Waals surface area contributed by atoms with Crippen LogP contribution >= 0.6 is 0 Å². The maximum absolute atomic E-state index is 14.9. The van der Waals surface area contributed by atoms with Gasteiger partial charge in [-0.25, -0.2) is 8.78 Å². The van der Waals surface area contributed by atoms with E-state index in [-0.39, 0.29) is 37.0 Å². The highest BCUT2D eigenvalue weighted by Crippen LogP contribution is 2.31. The number of hydrogen-bond donors (Lipinski definition) is 2. The van der Waals surface area contributed by atoms with Gasteiger partial charge in [-0.05, 0) is 113 Å². The van der Waals surface area contributed by atoms with Crippen molar-refractivity contribution in [1.29, 1.82) is 0 Å². The lowest BCUT2D eigenvalue weighted by molar-refractivity contribution is -0.127. The third-order valence-electron chi connectivity index (χ3n) is 8.18. The van der Waals surface area contributed by atoms with Crippen molar-refractivity contribution in [2.45, 2.75) is 58.7 Å². The van der Waals surface area contributed by atoms with E-state index in [2.05, 4.69) is 4.90 Å². The van der Waals surface area contributed by atoms with Gasteiger partial charge in [0.25, 0.3) is 0 Å². The Labute approximate surface area is 242 Å². The molecule has 0 radical (unpaired) electrons. The average molecular weight is 576 g/mol. The molecule has 2 unspecified atom stereocenters. The van der Waals surface area contributed by atoms with E-state index in [0.29, 0.717) is 29.5 Å². The monoisotopic (exact) mass is 575 g/mol. The number of aliphatic hydroxyl groups excluding tert-OH is 2. The highest BCUT2D eigenvalue weighted by atomic mass is 19.2. The van der Waals surface area contributed by atoms with Crippen molar-refractivity contribution in [2.75, 3.05) is 39.4 Å². The summed E-state index contributed by atoms with van der Waals surface area (Å²) >= 11 is 0. The fraction of sp³-hybridized carbons (Fsp3) is 0.531. The highest BCUT2D eigenvalue weighted by Gasteiger charge is 2.33. The molecule has 0 aromatic carbocycles. The minimum Gasteiger partial charge on any atom is -0.395 e. The van der Waals surface area contributed by atoms with Crippen molar-refractivity contribution in [2.24, 2.45) is 11.8 Å². The van der Waals surface area contributed by atoms with Crippen molar-refractivity contribution < 1.29 is 28.3 Å². The van der Waals surface area contributed by atoms with Gasteiger partial charge in [-0.2, -0.15) is 5.12 Å². The molecule has 1 aliphatic carbocycles. The molecule has 3 rings (SSSR count). The van der Waals surface area contributed by atoms with Gasteiger partial charge in [0, 0.05) is 31.4 Å². The fourth-order valence-electron chi connectivity index (χ4n) is 5.77. The van der Waals surface area contributed by atoms with Crippen molar-refractivity contribution in [3.05, 3.63) is 83.1 Å².